The van der Waals surface area contributed by atoms with Crippen LogP contribution in [0.2, 0.25) is 0 Å². The minimum Gasteiger partial charge on any atom is -0.431 e. The Hall–Kier alpha value is -2.06. The number of hydrogen-bond acceptors (Lipinski definition) is 6. The molecule has 1 aliphatic rings. The third-order valence-electron chi connectivity index (χ3n) is 3.76. The second-order valence-electron chi connectivity index (χ2n) is 5.48. The number of morpholine rings is 1. The minimum absolute atomic E-state index is 0.0546. The Morgan fingerprint density at radius 1 is 1.29 bits per heavy atom. The molecule has 8 heteroatoms. The Bertz CT molecular complexity index is 694. The second kappa shape index (κ2) is 7.67. The molecule has 7 nitrogen and oxygen atoms in total. The number of aromatic nitrogens is 1. The number of carbonyl (C=O) groups excluding carboxylic acids is 2. The predicted octanol–water partition coefficient (Wildman–Crippen LogP) is 1.24. The monoisotopic (exact) mass is 349 g/mol. The lowest BCUT2D eigenvalue weighted by molar-refractivity contribution is -0.140. The van der Waals surface area contributed by atoms with Crippen LogP contribution in [-0.4, -0.2) is 72.2 Å². The van der Waals surface area contributed by atoms with Crippen molar-refractivity contribution in [1.29, 1.82) is 0 Å². The SMILES string of the molecule is CN(CC(=O)N1CCOCC1)C(=O)CSc1nc2ccccc2o1. The largest absolute Gasteiger partial charge is 0.431 e. The van der Waals surface area contributed by atoms with E-state index in [0.29, 0.717) is 37.1 Å². The molecule has 0 unspecified atom stereocenters. The molecule has 2 aromatic rings. The minimum atomic E-state index is -0.135. The highest BCUT2D eigenvalue weighted by Gasteiger charge is 2.20. The maximum Gasteiger partial charge on any atom is 0.257 e. The van der Waals surface area contributed by atoms with Crippen LogP contribution in [0.1, 0.15) is 0 Å². The first-order chi connectivity index (χ1) is 11.6. The zero-order valence-electron chi connectivity index (χ0n) is 13.4. The predicted molar refractivity (Wildman–Crippen MR) is 89.8 cm³/mol. The van der Waals surface area contributed by atoms with Crippen molar-refractivity contribution in [2.45, 2.75) is 5.22 Å². The smallest absolute Gasteiger partial charge is 0.257 e. The van der Waals surface area contributed by atoms with E-state index in [1.165, 1.54) is 16.7 Å². The lowest BCUT2D eigenvalue weighted by atomic mass is 10.3. The van der Waals surface area contributed by atoms with Crippen LogP contribution in [0.3, 0.4) is 0 Å². The lowest BCUT2D eigenvalue weighted by Gasteiger charge is -2.28. The molecule has 3 rings (SSSR count). The Morgan fingerprint density at radius 2 is 2.04 bits per heavy atom. The van der Waals surface area contributed by atoms with E-state index in [0.717, 1.165) is 5.52 Å². The number of oxazole rings is 1. The molecule has 0 atom stereocenters. The molecule has 1 saturated heterocycles. The second-order valence-corrected chi connectivity index (χ2v) is 6.41. The summed E-state index contributed by atoms with van der Waals surface area (Å²) in [5.74, 6) is -0.00966. The van der Waals surface area contributed by atoms with Crippen molar-refractivity contribution in [1.82, 2.24) is 14.8 Å². The van der Waals surface area contributed by atoms with Crippen molar-refractivity contribution in [3.63, 3.8) is 0 Å². The number of amides is 2. The van der Waals surface area contributed by atoms with Crippen LogP contribution < -0.4 is 0 Å². The van der Waals surface area contributed by atoms with Gasteiger partial charge in [-0.2, -0.15) is 0 Å². The fourth-order valence-corrected chi connectivity index (χ4v) is 3.13. The molecule has 0 bridgehead atoms. The third-order valence-corrected chi connectivity index (χ3v) is 4.57. The molecule has 2 amide bonds. The first kappa shape index (κ1) is 16.8. The molecule has 1 aromatic heterocycles. The van der Waals surface area contributed by atoms with Gasteiger partial charge in [-0.25, -0.2) is 4.98 Å². The number of carbonyl (C=O) groups is 2. The van der Waals surface area contributed by atoms with Gasteiger partial charge in [-0.05, 0) is 12.1 Å². The van der Waals surface area contributed by atoms with E-state index in [2.05, 4.69) is 4.98 Å². The molecule has 1 aromatic carbocycles. The molecule has 128 valence electrons. The van der Waals surface area contributed by atoms with E-state index in [1.807, 2.05) is 24.3 Å². The summed E-state index contributed by atoms with van der Waals surface area (Å²) in [6.07, 6.45) is 0. The summed E-state index contributed by atoms with van der Waals surface area (Å²) in [6.45, 7) is 2.35. The highest BCUT2D eigenvalue weighted by Crippen LogP contribution is 2.23. The summed E-state index contributed by atoms with van der Waals surface area (Å²) < 4.78 is 10.8. The van der Waals surface area contributed by atoms with Crippen LogP contribution in [0.5, 0.6) is 0 Å². The van der Waals surface area contributed by atoms with E-state index in [-0.39, 0.29) is 24.1 Å². The molecule has 0 N–H and O–H groups in total. The maximum atomic E-state index is 12.2. The van der Waals surface area contributed by atoms with Crippen molar-refractivity contribution >= 4 is 34.7 Å². The molecule has 0 radical (unpaired) electrons. The van der Waals surface area contributed by atoms with Gasteiger partial charge in [0.25, 0.3) is 5.22 Å². The molecule has 0 saturated carbocycles. The van der Waals surface area contributed by atoms with E-state index < -0.39 is 0 Å². The first-order valence-corrected chi connectivity index (χ1v) is 8.70. The van der Waals surface area contributed by atoms with Gasteiger partial charge in [-0.1, -0.05) is 23.9 Å². The number of rotatable bonds is 5. The summed E-state index contributed by atoms with van der Waals surface area (Å²) in [7, 11) is 1.63. The van der Waals surface area contributed by atoms with Gasteiger partial charge in [0.2, 0.25) is 11.8 Å². The molecular formula is C16H19N3O4S. The Kier molecular flexibility index (Phi) is 5.37. The molecule has 1 aliphatic heterocycles. The van der Waals surface area contributed by atoms with Gasteiger partial charge >= 0.3 is 0 Å². The van der Waals surface area contributed by atoms with Crippen molar-refractivity contribution in [2.75, 3.05) is 45.6 Å². The van der Waals surface area contributed by atoms with E-state index in [9.17, 15) is 9.59 Å². The molecule has 0 aliphatic carbocycles. The van der Waals surface area contributed by atoms with Gasteiger partial charge < -0.3 is 19.0 Å². The average molecular weight is 349 g/mol. The number of fused-ring (bicyclic) bond motifs is 1. The summed E-state index contributed by atoms with van der Waals surface area (Å²) in [5.41, 5.74) is 1.46. The quantitative estimate of drug-likeness (QED) is 0.756. The fraction of sp³-hybridized carbons (Fsp3) is 0.438. The van der Waals surface area contributed by atoms with Gasteiger partial charge in [0.05, 0.1) is 25.5 Å². The van der Waals surface area contributed by atoms with Crippen LogP contribution in [0, 0.1) is 0 Å². The standard InChI is InChI=1S/C16H19N3O4S/c1-18(10-14(20)19-6-8-22-9-7-19)15(21)11-24-16-17-12-4-2-3-5-13(12)23-16/h2-5H,6-11H2,1H3. The van der Waals surface area contributed by atoms with Crippen molar-refractivity contribution in [3.8, 4) is 0 Å². The summed E-state index contributed by atoms with van der Waals surface area (Å²) in [6, 6.07) is 7.45. The summed E-state index contributed by atoms with van der Waals surface area (Å²) >= 11 is 1.23. The van der Waals surface area contributed by atoms with Gasteiger partial charge in [-0.15, -0.1) is 0 Å². The van der Waals surface area contributed by atoms with Crippen LogP contribution in [0.4, 0.5) is 0 Å². The summed E-state index contributed by atoms with van der Waals surface area (Å²) in [4.78, 5) is 31.8. The molecule has 2 heterocycles. The van der Waals surface area contributed by atoms with Gasteiger partial charge in [0, 0.05) is 20.1 Å². The van der Waals surface area contributed by atoms with Gasteiger partial charge in [0.1, 0.15) is 5.52 Å². The zero-order valence-corrected chi connectivity index (χ0v) is 14.3. The number of nitrogens with zero attached hydrogens (tertiary/aromatic N) is 3. The van der Waals surface area contributed by atoms with Gasteiger partial charge in [0.15, 0.2) is 5.58 Å². The van der Waals surface area contributed by atoms with E-state index in [4.69, 9.17) is 9.15 Å². The molecular weight excluding hydrogens is 330 g/mol. The molecule has 24 heavy (non-hydrogen) atoms. The van der Waals surface area contributed by atoms with Crippen molar-refractivity contribution in [3.05, 3.63) is 24.3 Å². The van der Waals surface area contributed by atoms with Gasteiger partial charge in [-0.3, -0.25) is 9.59 Å². The number of likely N-dealkylation sites (N-methyl/N-ethyl adjacent to an activating group) is 1. The average Bonchev–Trinajstić information content (AvgIpc) is 3.03. The third kappa shape index (κ3) is 4.07. The van der Waals surface area contributed by atoms with E-state index in [1.54, 1.807) is 11.9 Å². The topological polar surface area (TPSA) is 75.9 Å². The Morgan fingerprint density at radius 3 is 2.79 bits per heavy atom. The van der Waals surface area contributed by atoms with Crippen LogP contribution in [-0.2, 0) is 14.3 Å². The normalized spacial score (nSPS) is 14.8. The first-order valence-electron chi connectivity index (χ1n) is 7.71. The van der Waals surface area contributed by atoms with Crippen molar-refractivity contribution < 1.29 is 18.7 Å². The molecule has 0 spiro atoms. The van der Waals surface area contributed by atoms with Crippen molar-refractivity contribution in [2.24, 2.45) is 0 Å². The Labute approximate surface area is 143 Å². The number of para-hydroxylation sites is 2. The number of benzene rings is 1. The van der Waals surface area contributed by atoms with Crippen LogP contribution in [0.15, 0.2) is 33.9 Å². The lowest BCUT2D eigenvalue weighted by Crippen LogP contribution is -2.46. The maximum absolute atomic E-state index is 12.2. The van der Waals surface area contributed by atoms with Crippen LogP contribution in [0.25, 0.3) is 11.1 Å². The fourth-order valence-electron chi connectivity index (χ4n) is 2.35. The highest BCUT2D eigenvalue weighted by molar-refractivity contribution is 7.99. The van der Waals surface area contributed by atoms with E-state index >= 15 is 0 Å². The number of ether oxygens (including phenoxy) is 1. The Balaban J connectivity index is 1.49. The molecule has 1 fully saturated rings. The zero-order chi connectivity index (χ0) is 16.9. The van der Waals surface area contributed by atoms with Crippen LogP contribution >= 0.6 is 11.8 Å². The highest BCUT2D eigenvalue weighted by atomic mass is 32.2. The summed E-state index contributed by atoms with van der Waals surface area (Å²) in [5, 5.41) is 0.456. The number of hydrogen-bond donors (Lipinski definition) is 0. The number of thioether (sulfide) groups is 1.